The van der Waals surface area contributed by atoms with Crippen molar-refractivity contribution in [2.24, 2.45) is 11.8 Å². The Bertz CT molecular complexity index is 184. The van der Waals surface area contributed by atoms with Crippen molar-refractivity contribution < 1.29 is 4.79 Å². The minimum Gasteiger partial charge on any atom is -0.299 e. The predicted molar refractivity (Wildman–Crippen MR) is 55.6 cm³/mol. The smallest absolute Gasteiger partial charge is 0.136 e. The van der Waals surface area contributed by atoms with Crippen LogP contribution < -0.4 is 0 Å². The van der Waals surface area contributed by atoms with Crippen LogP contribution in [0.1, 0.15) is 45.4 Å². The minimum atomic E-state index is 0.320. The lowest BCUT2D eigenvalue weighted by molar-refractivity contribution is -0.124. The molecule has 0 unspecified atom stereocenters. The first kappa shape index (κ1) is 10.5. The molecule has 13 heavy (non-hydrogen) atoms. The third-order valence-electron chi connectivity index (χ3n) is 3.11. The number of ketones is 1. The van der Waals surface area contributed by atoms with Gasteiger partial charge < -0.3 is 0 Å². The van der Waals surface area contributed by atoms with E-state index < -0.39 is 0 Å². The molecule has 0 aromatic carbocycles. The minimum absolute atomic E-state index is 0.320. The van der Waals surface area contributed by atoms with Crippen molar-refractivity contribution in [3.63, 3.8) is 0 Å². The lowest BCUT2D eigenvalue weighted by atomic mass is 9.85. The number of hydrogen-bond donors (Lipinski definition) is 0. The summed E-state index contributed by atoms with van der Waals surface area (Å²) in [4.78, 5) is 11.7. The lowest BCUT2D eigenvalue weighted by Crippen LogP contribution is -2.19. The topological polar surface area (TPSA) is 17.1 Å². The molecule has 0 amide bonds. The molecule has 0 radical (unpaired) electrons. The van der Waals surface area contributed by atoms with Crippen molar-refractivity contribution in [2.45, 2.75) is 45.4 Å². The molecular weight excluding hydrogens is 160 g/mol. The van der Waals surface area contributed by atoms with Gasteiger partial charge in [0.15, 0.2) is 0 Å². The normalized spacial score (nSPS) is 29.8. The molecule has 1 fully saturated rings. The van der Waals surface area contributed by atoms with Gasteiger partial charge in [0, 0.05) is 12.3 Å². The van der Waals surface area contributed by atoms with Gasteiger partial charge in [-0.1, -0.05) is 25.8 Å². The second-order valence-corrected chi connectivity index (χ2v) is 4.16. The van der Waals surface area contributed by atoms with E-state index in [-0.39, 0.29) is 0 Å². The van der Waals surface area contributed by atoms with Gasteiger partial charge in [-0.2, -0.15) is 0 Å². The lowest BCUT2D eigenvalue weighted by Gasteiger charge is -2.18. The number of carbonyl (C=O) groups is 1. The van der Waals surface area contributed by atoms with Crippen molar-refractivity contribution in [3.8, 4) is 0 Å². The SMILES string of the molecule is C=CCC[C@@H]1C(=O)CCCC[C@H]1C. The maximum atomic E-state index is 11.7. The van der Waals surface area contributed by atoms with Crippen LogP contribution in [0.25, 0.3) is 0 Å². The van der Waals surface area contributed by atoms with E-state index in [0.717, 1.165) is 25.7 Å². The standard InChI is InChI=1S/C12H20O/c1-3-4-8-11-10(2)7-5-6-9-12(11)13/h3,10-11H,1,4-9H2,2H3/t10-,11+/m1/s1. The summed E-state index contributed by atoms with van der Waals surface area (Å²) < 4.78 is 0. The molecule has 1 aliphatic rings. The van der Waals surface area contributed by atoms with Crippen LogP contribution in [0, 0.1) is 11.8 Å². The zero-order valence-electron chi connectivity index (χ0n) is 8.59. The molecule has 0 saturated heterocycles. The van der Waals surface area contributed by atoms with Gasteiger partial charge in [0.25, 0.3) is 0 Å². The fourth-order valence-corrected chi connectivity index (χ4v) is 2.21. The number of Topliss-reactive ketones (excluding diaryl/α,β-unsaturated/α-hetero) is 1. The molecule has 0 aliphatic heterocycles. The van der Waals surface area contributed by atoms with Gasteiger partial charge in [-0.05, 0) is 25.2 Å². The van der Waals surface area contributed by atoms with E-state index in [4.69, 9.17) is 0 Å². The fourth-order valence-electron chi connectivity index (χ4n) is 2.21. The van der Waals surface area contributed by atoms with Gasteiger partial charge in [0.1, 0.15) is 5.78 Å². The van der Waals surface area contributed by atoms with Crippen LogP contribution in [0.4, 0.5) is 0 Å². The number of rotatable bonds is 3. The molecule has 1 nitrogen and oxygen atoms in total. The molecule has 2 atom stereocenters. The first-order chi connectivity index (χ1) is 6.25. The number of carbonyl (C=O) groups excluding carboxylic acids is 1. The number of hydrogen-bond acceptors (Lipinski definition) is 1. The maximum absolute atomic E-state index is 11.7. The highest BCUT2D eigenvalue weighted by Crippen LogP contribution is 2.29. The molecule has 74 valence electrons. The van der Waals surface area contributed by atoms with E-state index >= 15 is 0 Å². The Hall–Kier alpha value is -0.590. The summed E-state index contributed by atoms with van der Waals surface area (Å²) >= 11 is 0. The average Bonchev–Trinajstić information content (AvgIpc) is 2.26. The summed E-state index contributed by atoms with van der Waals surface area (Å²) in [7, 11) is 0. The molecule has 0 aromatic rings. The first-order valence-corrected chi connectivity index (χ1v) is 5.39. The fraction of sp³-hybridized carbons (Fsp3) is 0.750. The maximum Gasteiger partial charge on any atom is 0.136 e. The molecule has 0 bridgehead atoms. The van der Waals surface area contributed by atoms with Crippen molar-refractivity contribution in [3.05, 3.63) is 12.7 Å². The van der Waals surface area contributed by atoms with Gasteiger partial charge >= 0.3 is 0 Å². The second-order valence-electron chi connectivity index (χ2n) is 4.16. The monoisotopic (exact) mass is 180 g/mol. The van der Waals surface area contributed by atoms with Crippen LogP contribution in [-0.4, -0.2) is 5.78 Å². The highest BCUT2D eigenvalue weighted by molar-refractivity contribution is 5.81. The molecule has 0 N–H and O–H groups in total. The van der Waals surface area contributed by atoms with Crippen LogP contribution in [0.2, 0.25) is 0 Å². The molecule has 1 heteroatoms. The second kappa shape index (κ2) is 5.21. The summed E-state index contributed by atoms with van der Waals surface area (Å²) in [5.74, 6) is 1.40. The van der Waals surface area contributed by atoms with Gasteiger partial charge in [-0.25, -0.2) is 0 Å². The molecule has 0 aromatic heterocycles. The van der Waals surface area contributed by atoms with Gasteiger partial charge in [-0.15, -0.1) is 6.58 Å². The Morgan fingerprint density at radius 2 is 2.31 bits per heavy atom. The van der Waals surface area contributed by atoms with Crippen LogP contribution in [0.3, 0.4) is 0 Å². The Kier molecular flexibility index (Phi) is 4.20. The molecule has 1 saturated carbocycles. The van der Waals surface area contributed by atoms with Gasteiger partial charge in [0.05, 0.1) is 0 Å². The van der Waals surface area contributed by atoms with E-state index in [1.54, 1.807) is 0 Å². The molecular formula is C12H20O. The van der Waals surface area contributed by atoms with E-state index in [1.165, 1.54) is 12.8 Å². The summed E-state index contributed by atoms with van der Waals surface area (Å²) in [6.45, 7) is 5.93. The van der Waals surface area contributed by atoms with Crippen molar-refractivity contribution in [2.75, 3.05) is 0 Å². The summed E-state index contributed by atoms with van der Waals surface area (Å²) in [6.07, 6.45) is 8.31. The molecule has 1 aliphatic carbocycles. The Morgan fingerprint density at radius 3 is 3.00 bits per heavy atom. The highest BCUT2D eigenvalue weighted by atomic mass is 16.1. The van der Waals surface area contributed by atoms with Crippen LogP contribution >= 0.6 is 0 Å². The zero-order chi connectivity index (χ0) is 9.68. The Labute approximate surface area is 81.2 Å². The first-order valence-electron chi connectivity index (χ1n) is 5.39. The Morgan fingerprint density at radius 1 is 1.54 bits per heavy atom. The zero-order valence-corrected chi connectivity index (χ0v) is 8.59. The van der Waals surface area contributed by atoms with E-state index in [0.29, 0.717) is 17.6 Å². The van der Waals surface area contributed by atoms with E-state index in [1.807, 2.05) is 6.08 Å². The summed E-state index contributed by atoms with van der Waals surface area (Å²) in [5, 5.41) is 0. The van der Waals surface area contributed by atoms with Crippen molar-refractivity contribution in [1.29, 1.82) is 0 Å². The quantitative estimate of drug-likeness (QED) is 0.481. The largest absolute Gasteiger partial charge is 0.299 e. The van der Waals surface area contributed by atoms with Crippen LogP contribution in [0.15, 0.2) is 12.7 Å². The van der Waals surface area contributed by atoms with Gasteiger partial charge in [-0.3, -0.25) is 4.79 Å². The van der Waals surface area contributed by atoms with E-state index in [9.17, 15) is 4.79 Å². The molecule has 0 spiro atoms. The van der Waals surface area contributed by atoms with Gasteiger partial charge in [0.2, 0.25) is 0 Å². The number of allylic oxidation sites excluding steroid dienone is 1. The van der Waals surface area contributed by atoms with Crippen molar-refractivity contribution >= 4 is 5.78 Å². The van der Waals surface area contributed by atoms with Crippen LogP contribution in [0.5, 0.6) is 0 Å². The molecule has 1 rings (SSSR count). The van der Waals surface area contributed by atoms with Crippen LogP contribution in [-0.2, 0) is 4.79 Å². The van der Waals surface area contributed by atoms with Crippen molar-refractivity contribution in [1.82, 2.24) is 0 Å². The van der Waals surface area contributed by atoms with E-state index in [2.05, 4.69) is 13.5 Å². The third kappa shape index (κ3) is 2.98. The average molecular weight is 180 g/mol. The third-order valence-corrected chi connectivity index (χ3v) is 3.11. The summed E-state index contributed by atoms with van der Waals surface area (Å²) in [5.41, 5.74) is 0. The summed E-state index contributed by atoms with van der Waals surface area (Å²) in [6, 6.07) is 0. The predicted octanol–water partition coefficient (Wildman–Crippen LogP) is 3.35. The molecule has 0 heterocycles. The Balaban J connectivity index is 2.52. The highest BCUT2D eigenvalue weighted by Gasteiger charge is 2.25.